The van der Waals surface area contributed by atoms with Crippen LogP contribution in [0, 0.1) is 0 Å². The molecular formula is C28H26O4. The molecule has 0 heterocycles. The summed E-state index contributed by atoms with van der Waals surface area (Å²) in [5, 5.41) is 4.44. The average Bonchev–Trinajstić information content (AvgIpc) is 2.85. The number of carbonyl (C=O) groups excluding carboxylic acids is 2. The molecule has 4 rings (SSSR count). The molecule has 0 fully saturated rings. The topological polar surface area (TPSA) is 52.6 Å². The summed E-state index contributed by atoms with van der Waals surface area (Å²) in [6.45, 7) is 0. The number of rotatable bonds is 7. The second-order valence-electron chi connectivity index (χ2n) is 7.99. The lowest BCUT2D eigenvalue weighted by Gasteiger charge is -2.27. The Bertz CT molecular complexity index is 1160. The predicted molar refractivity (Wildman–Crippen MR) is 127 cm³/mol. The zero-order valence-corrected chi connectivity index (χ0v) is 18.3. The van der Waals surface area contributed by atoms with E-state index in [0.717, 1.165) is 32.7 Å². The number of hydrogen-bond acceptors (Lipinski definition) is 4. The molecule has 0 N–H and O–H groups in total. The Hall–Kier alpha value is -3.66. The monoisotopic (exact) mass is 426 g/mol. The van der Waals surface area contributed by atoms with Crippen molar-refractivity contribution < 1.29 is 19.1 Å². The van der Waals surface area contributed by atoms with Gasteiger partial charge in [0.2, 0.25) is 0 Å². The van der Waals surface area contributed by atoms with Crippen LogP contribution in [0.5, 0.6) is 0 Å². The summed E-state index contributed by atoms with van der Waals surface area (Å²) in [7, 11) is 2.79. The van der Waals surface area contributed by atoms with Crippen LogP contribution < -0.4 is 0 Å². The largest absolute Gasteiger partial charge is 0.469 e. The lowest BCUT2D eigenvalue weighted by Crippen LogP contribution is -2.20. The zero-order valence-electron chi connectivity index (χ0n) is 18.3. The molecule has 162 valence electrons. The summed E-state index contributed by atoms with van der Waals surface area (Å²) in [6.07, 6.45) is 0.340. The van der Waals surface area contributed by atoms with Crippen molar-refractivity contribution in [3.05, 3.63) is 96.1 Å². The SMILES string of the molecule is COC(=O)CC(c1ccc2ccccc2c1)C(CC(=O)OC)c1ccc2ccccc2c1. The van der Waals surface area contributed by atoms with Crippen LogP contribution in [0.15, 0.2) is 84.9 Å². The maximum Gasteiger partial charge on any atom is 0.306 e. The van der Waals surface area contributed by atoms with E-state index in [1.165, 1.54) is 14.2 Å². The van der Waals surface area contributed by atoms with Crippen molar-refractivity contribution in [1.82, 2.24) is 0 Å². The number of methoxy groups -OCH3 is 2. The summed E-state index contributed by atoms with van der Waals surface area (Å²) in [5.74, 6) is -1.10. The van der Waals surface area contributed by atoms with Gasteiger partial charge >= 0.3 is 11.9 Å². The van der Waals surface area contributed by atoms with Gasteiger partial charge in [-0.25, -0.2) is 0 Å². The van der Waals surface area contributed by atoms with Crippen molar-refractivity contribution in [3.63, 3.8) is 0 Å². The first-order valence-corrected chi connectivity index (χ1v) is 10.7. The molecule has 4 nitrogen and oxygen atoms in total. The van der Waals surface area contributed by atoms with Crippen molar-refractivity contribution in [1.29, 1.82) is 0 Å². The number of ether oxygens (including phenoxy) is 2. The normalized spacial score (nSPS) is 12.9. The van der Waals surface area contributed by atoms with Gasteiger partial charge in [0, 0.05) is 11.8 Å². The fraction of sp³-hybridized carbons (Fsp3) is 0.214. The highest BCUT2D eigenvalue weighted by atomic mass is 16.5. The molecule has 0 saturated carbocycles. The van der Waals surface area contributed by atoms with E-state index in [4.69, 9.17) is 9.47 Å². The molecule has 4 aromatic carbocycles. The standard InChI is InChI=1S/C28H26O4/c1-31-27(29)17-25(23-13-11-19-7-3-5-9-21(19)15-23)26(18-28(30)32-2)24-14-12-20-8-4-6-10-22(20)16-24/h3-16,25-26H,17-18H2,1-2H3. The predicted octanol–water partition coefficient (Wildman–Crippen LogP) is 5.99. The molecule has 0 spiro atoms. The van der Waals surface area contributed by atoms with E-state index in [2.05, 4.69) is 48.5 Å². The molecule has 2 unspecified atom stereocenters. The van der Waals surface area contributed by atoms with E-state index in [9.17, 15) is 9.59 Å². The molecule has 4 aromatic rings. The second kappa shape index (κ2) is 9.65. The quantitative estimate of drug-likeness (QED) is 0.341. The highest BCUT2D eigenvalue weighted by Gasteiger charge is 2.30. The van der Waals surface area contributed by atoms with Gasteiger partial charge in [-0.3, -0.25) is 9.59 Å². The molecular weight excluding hydrogens is 400 g/mol. The lowest BCUT2D eigenvalue weighted by molar-refractivity contribution is -0.143. The van der Waals surface area contributed by atoms with Crippen LogP contribution in [0.25, 0.3) is 21.5 Å². The highest BCUT2D eigenvalue weighted by Crippen LogP contribution is 2.40. The van der Waals surface area contributed by atoms with Crippen molar-refractivity contribution in [2.45, 2.75) is 24.7 Å². The third-order valence-corrected chi connectivity index (χ3v) is 6.12. The van der Waals surface area contributed by atoms with Gasteiger partial charge in [0.1, 0.15) is 0 Å². The number of fused-ring (bicyclic) bond motifs is 2. The molecule has 2 atom stereocenters. The van der Waals surface area contributed by atoms with E-state index in [0.29, 0.717) is 0 Å². The fourth-order valence-electron chi connectivity index (χ4n) is 4.39. The second-order valence-corrected chi connectivity index (χ2v) is 7.99. The molecule has 0 aliphatic heterocycles. The third-order valence-electron chi connectivity index (χ3n) is 6.12. The van der Waals surface area contributed by atoms with Gasteiger partial charge < -0.3 is 9.47 Å². The molecule has 0 radical (unpaired) electrons. The third kappa shape index (κ3) is 4.65. The lowest BCUT2D eigenvalue weighted by atomic mass is 9.77. The molecule has 0 aliphatic carbocycles. The smallest absolute Gasteiger partial charge is 0.306 e. The molecule has 0 aromatic heterocycles. The minimum atomic E-state index is -0.307. The Kier molecular flexibility index (Phi) is 6.50. The van der Waals surface area contributed by atoms with E-state index >= 15 is 0 Å². The van der Waals surface area contributed by atoms with Crippen molar-refractivity contribution >= 4 is 33.5 Å². The van der Waals surface area contributed by atoms with Gasteiger partial charge in [0.15, 0.2) is 0 Å². The Morgan fingerprint density at radius 1 is 0.594 bits per heavy atom. The first-order valence-electron chi connectivity index (χ1n) is 10.7. The van der Waals surface area contributed by atoms with Gasteiger partial charge in [-0.2, -0.15) is 0 Å². The Morgan fingerprint density at radius 3 is 1.34 bits per heavy atom. The van der Waals surface area contributed by atoms with Gasteiger partial charge in [-0.05, 0) is 32.7 Å². The van der Waals surface area contributed by atoms with Crippen LogP contribution in [0.3, 0.4) is 0 Å². The van der Waals surface area contributed by atoms with E-state index < -0.39 is 0 Å². The Morgan fingerprint density at radius 2 is 0.969 bits per heavy atom. The molecule has 0 amide bonds. The molecule has 4 heteroatoms. The van der Waals surface area contributed by atoms with Crippen LogP contribution in [-0.4, -0.2) is 26.2 Å². The van der Waals surface area contributed by atoms with Crippen LogP contribution in [0.1, 0.15) is 35.8 Å². The van der Waals surface area contributed by atoms with Gasteiger partial charge in [-0.1, -0.05) is 84.9 Å². The Labute approximate surface area is 187 Å². The zero-order chi connectivity index (χ0) is 22.5. The average molecular weight is 427 g/mol. The summed E-state index contributed by atoms with van der Waals surface area (Å²) in [6, 6.07) is 28.6. The maximum atomic E-state index is 12.4. The van der Waals surface area contributed by atoms with Crippen LogP contribution in [0.2, 0.25) is 0 Å². The van der Waals surface area contributed by atoms with Crippen molar-refractivity contribution in [2.75, 3.05) is 14.2 Å². The molecule has 32 heavy (non-hydrogen) atoms. The number of esters is 2. The van der Waals surface area contributed by atoms with Crippen LogP contribution >= 0.6 is 0 Å². The number of carbonyl (C=O) groups is 2. The van der Waals surface area contributed by atoms with Crippen molar-refractivity contribution in [2.24, 2.45) is 0 Å². The number of benzene rings is 4. The minimum absolute atomic E-state index is 0.170. The summed E-state index contributed by atoms with van der Waals surface area (Å²) >= 11 is 0. The first kappa shape index (κ1) is 21.6. The molecule has 0 saturated heterocycles. The summed E-state index contributed by atoms with van der Waals surface area (Å²) in [5.41, 5.74) is 1.99. The minimum Gasteiger partial charge on any atom is -0.469 e. The Balaban J connectivity index is 1.84. The van der Waals surface area contributed by atoms with Gasteiger partial charge in [0.25, 0.3) is 0 Å². The molecule has 0 aliphatic rings. The molecule has 0 bridgehead atoms. The van der Waals surface area contributed by atoms with Gasteiger partial charge in [0.05, 0.1) is 27.1 Å². The van der Waals surface area contributed by atoms with E-state index in [1.807, 2.05) is 36.4 Å². The van der Waals surface area contributed by atoms with Gasteiger partial charge in [-0.15, -0.1) is 0 Å². The van der Waals surface area contributed by atoms with Crippen LogP contribution in [0.4, 0.5) is 0 Å². The summed E-state index contributed by atoms with van der Waals surface area (Å²) in [4.78, 5) is 24.8. The maximum absolute atomic E-state index is 12.4. The first-order chi connectivity index (χ1) is 15.6. The van der Waals surface area contributed by atoms with Crippen molar-refractivity contribution in [3.8, 4) is 0 Å². The summed E-state index contributed by atoms with van der Waals surface area (Å²) < 4.78 is 10.0. The van der Waals surface area contributed by atoms with E-state index in [-0.39, 0.29) is 36.6 Å². The number of hydrogen-bond donors (Lipinski definition) is 0. The fourth-order valence-corrected chi connectivity index (χ4v) is 4.39. The highest BCUT2D eigenvalue weighted by molar-refractivity contribution is 5.85. The van der Waals surface area contributed by atoms with Crippen LogP contribution in [-0.2, 0) is 19.1 Å². The van der Waals surface area contributed by atoms with E-state index in [1.54, 1.807) is 0 Å².